The quantitative estimate of drug-likeness (QED) is 0.402. The van der Waals surface area contributed by atoms with Gasteiger partial charge < -0.3 is 15.1 Å². The van der Waals surface area contributed by atoms with Crippen molar-refractivity contribution in [2.24, 2.45) is 0 Å². The van der Waals surface area contributed by atoms with E-state index in [9.17, 15) is 9.59 Å². The number of thiophene rings is 1. The Balaban J connectivity index is 1.76. The van der Waals surface area contributed by atoms with Crippen molar-refractivity contribution >= 4 is 40.6 Å². The molecular weight excluding hydrogens is 442 g/mol. The highest BCUT2D eigenvalue weighted by molar-refractivity contribution is 7.09. The zero-order valence-corrected chi connectivity index (χ0v) is 19.9. The van der Waals surface area contributed by atoms with E-state index in [0.29, 0.717) is 23.8 Å². The molecule has 0 saturated heterocycles. The molecule has 3 rings (SSSR count). The summed E-state index contributed by atoms with van der Waals surface area (Å²) in [5.74, 6) is -0.0937. The summed E-state index contributed by atoms with van der Waals surface area (Å²) in [5, 5.41) is 5.42. The van der Waals surface area contributed by atoms with Gasteiger partial charge in [0, 0.05) is 28.2 Å². The summed E-state index contributed by atoms with van der Waals surface area (Å²) in [7, 11) is 0. The third-order valence-corrected chi connectivity index (χ3v) is 6.36. The van der Waals surface area contributed by atoms with E-state index < -0.39 is 0 Å². The normalized spacial score (nSPS) is 11.6. The number of carbonyl (C=O) groups excluding carboxylic acids is 2. The summed E-state index contributed by atoms with van der Waals surface area (Å²) in [6.07, 6.45) is 0.736. The van der Waals surface area contributed by atoms with E-state index in [0.717, 1.165) is 16.9 Å². The molecule has 1 unspecified atom stereocenters. The van der Waals surface area contributed by atoms with Crippen LogP contribution in [-0.4, -0.2) is 34.3 Å². The van der Waals surface area contributed by atoms with Gasteiger partial charge in [-0.25, -0.2) is 4.79 Å². The fourth-order valence-corrected chi connectivity index (χ4v) is 4.19. The molecular formula is C25H28ClN3O2S. The fourth-order valence-electron chi connectivity index (χ4n) is 3.28. The van der Waals surface area contributed by atoms with Gasteiger partial charge in [0.1, 0.15) is 6.54 Å². The molecule has 5 nitrogen and oxygen atoms in total. The molecule has 3 amide bonds. The van der Waals surface area contributed by atoms with Crippen molar-refractivity contribution in [1.82, 2.24) is 9.80 Å². The van der Waals surface area contributed by atoms with Crippen molar-refractivity contribution in [1.29, 1.82) is 0 Å². The second-order valence-electron chi connectivity index (χ2n) is 7.64. The molecule has 7 heteroatoms. The van der Waals surface area contributed by atoms with Crippen molar-refractivity contribution < 1.29 is 9.59 Å². The van der Waals surface area contributed by atoms with Crippen molar-refractivity contribution in [2.75, 3.05) is 11.9 Å². The first kappa shape index (κ1) is 23.8. The fraction of sp³-hybridized carbons (Fsp3) is 0.280. The van der Waals surface area contributed by atoms with Gasteiger partial charge in [0.15, 0.2) is 0 Å². The number of urea groups is 1. The molecule has 2 aromatic carbocycles. The Kier molecular flexibility index (Phi) is 8.71. The van der Waals surface area contributed by atoms with E-state index in [1.54, 1.807) is 40.5 Å². The van der Waals surface area contributed by atoms with Gasteiger partial charge in [-0.1, -0.05) is 61.0 Å². The Morgan fingerprint density at radius 3 is 2.47 bits per heavy atom. The molecule has 168 valence electrons. The van der Waals surface area contributed by atoms with Crippen molar-refractivity contribution in [3.8, 4) is 0 Å². The molecule has 1 atom stereocenters. The molecule has 0 aliphatic rings. The summed E-state index contributed by atoms with van der Waals surface area (Å²) >= 11 is 7.66. The number of carbonyl (C=O) groups is 2. The minimum atomic E-state index is -0.314. The van der Waals surface area contributed by atoms with E-state index in [-0.39, 0.29) is 24.5 Å². The minimum Gasteiger partial charge on any atom is -0.332 e. The third-order valence-electron chi connectivity index (χ3n) is 5.26. The van der Waals surface area contributed by atoms with Crippen LogP contribution in [0.1, 0.15) is 30.7 Å². The van der Waals surface area contributed by atoms with Gasteiger partial charge in [0.25, 0.3) is 0 Å². The Bertz CT molecular complexity index is 1010. The molecule has 1 heterocycles. The van der Waals surface area contributed by atoms with Gasteiger partial charge in [-0.05, 0) is 48.6 Å². The number of halogens is 1. The first-order valence-electron chi connectivity index (χ1n) is 10.6. The van der Waals surface area contributed by atoms with Gasteiger partial charge in [-0.3, -0.25) is 4.79 Å². The largest absolute Gasteiger partial charge is 0.332 e. The highest BCUT2D eigenvalue weighted by atomic mass is 35.5. The number of hydrogen-bond donors (Lipinski definition) is 1. The molecule has 0 spiro atoms. The minimum absolute atomic E-state index is 0.000382. The molecule has 0 fully saturated rings. The van der Waals surface area contributed by atoms with Crippen LogP contribution in [0.2, 0.25) is 5.02 Å². The van der Waals surface area contributed by atoms with Crippen LogP contribution in [0, 0.1) is 0 Å². The lowest BCUT2D eigenvalue weighted by atomic mass is 10.2. The number of nitrogens with one attached hydrogen (secondary N) is 1. The van der Waals surface area contributed by atoms with Gasteiger partial charge in [-0.15, -0.1) is 11.3 Å². The van der Waals surface area contributed by atoms with Crippen LogP contribution < -0.4 is 5.32 Å². The van der Waals surface area contributed by atoms with Crippen LogP contribution in [-0.2, 0) is 17.9 Å². The lowest BCUT2D eigenvalue weighted by Crippen LogP contribution is -2.47. The first-order valence-corrected chi connectivity index (χ1v) is 11.9. The Labute approximate surface area is 198 Å². The maximum Gasteiger partial charge on any atom is 0.322 e. The second kappa shape index (κ2) is 11.7. The Morgan fingerprint density at radius 1 is 1.03 bits per heavy atom. The summed E-state index contributed by atoms with van der Waals surface area (Å²) in [6, 6.07) is 20.5. The molecule has 0 saturated carbocycles. The predicted molar refractivity (Wildman–Crippen MR) is 132 cm³/mol. The average molecular weight is 470 g/mol. The number of amides is 3. The maximum atomic E-state index is 13.4. The highest BCUT2D eigenvalue weighted by Gasteiger charge is 2.25. The van der Waals surface area contributed by atoms with E-state index in [2.05, 4.69) is 5.32 Å². The molecule has 0 aliphatic heterocycles. The SMILES string of the molecule is CCC(C)N(CC(=O)N(Cc1ccccc1)Cc1cccs1)C(=O)Nc1cccc(Cl)c1. The van der Waals surface area contributed by atoms with E-state index in [1.165, 1.54) is 0 Å². The average Bonchev–Trinajstić information content (AvgIpc) is 3.30. The van der Waals surface area contributed by atoms with Crippen LogP contribution >= 0.6 is 22.9 Å². The number of hydrogen-bond acceptors (Lipinski definition) is 3. The van der Waals surface area contributed by atoms with Crippen molar-refractivity contribution in [3.63, 3.8) is 0 Å². The van der Waals surface area contributed by atoms with Crippen molar-refractivity contribution in [3.05, 3.63) is 87.6 Å². The van der Waals surface area contributed by atoms with E-state index in [4.69, 9.17) is 11.6 Å². The zero-order chi connectivity index (χ0) is 22.9. The van der Waals surface area contributed by atoms with Gasteiger partial charge >= 0.3 is 6.03 Å². The number of benzene rings is 2. The predicted octanol–water partition coefficient (Wildman–Crippen LogP) is 6.26. The van der Waals surface area contributed by atoms with Crippen LogP contribution in [0.15, 0.2) is 72.1 Å². The van der Waals surface area contributed by atoms with Crippen molar-refractivity contribution in [2.45, 2.75) is 39.4 Å². The molecule has 32 heavy (non-hydrogen) atoms. The lowest BCUT2D eigenvalue weighted by Gasteiger charge is -2.31. The highest BCUT2D eigenvalue weighted by Crippen LogP contribution is 2.18. The molecule has 0 radical (unpaired) electrons. The molecule has 0 bridgehead atoms. The third kappa shape index (κ3) is 6.84. The number of anilines is 1. The van der Waals surface area contributed by atoms with E-state index in [1.807, 2.05) is 66.6 Å². The first-order chi connectivity index (χ1) is 15.5. The van der Waals surface area contributed by atoms with Crippen LogP contribution in [0.3, 0.4) is 0 Å². The summed E-state index contributed by atoms with van der Waals surface area (Å²) in [6.45, 7) is 4.95. The zero-order valence-electron chi connectivity index (χ0n) is 18.3. The van der Waals surface area contributed by atoms with Crippen LogP contribution in [0.4, 0.5) is 10.5 Å². The summed E-state index contributed by atoms with van der Waals surface area (Å²) in [4.78, 5) is 31.0. The summed E-state index contributed by atoms with van der Waals surface area (Å²) in [5.41, 5.74) is 1.65. The monoisotopic (exact) mass is 469 g/mol. The van der Waals surface area contributed by atoms with Gasteiger partial charge in [-0.2, -0.15) is 0 Å². The molecule has 0 aliphatic carbocycles. The summed E-state index contributed by atoms with van der Waals surface area (Å²) < 4.78 is 0. The number of nitrogens with zero attached hydrogens (tertiary/aromatic N) is 2. The van der Waals surface area contributed by atoms with Crippen LogP contribution in [0.5, 0.6) is 0 Å². The Hall–Kier alpha value is -2.83. The standard InChI is InChI=1S/C25H28ClN3O2S/c1-3-19(2)29(25(31)27-22-12-7-11-21(26)15-22)18-24(30)28(17-23-13-8-14-32-23)16-20-9-5-4-6-10-20/h4-15,19H,3,16-18H2,1-2H3,(H,27,31). The van der Waals surface area contributed by atoms with Gasteiger partial charge in [0.05, 0.1) is 6.54 Å². The molecule has 1 N–H and O–H groups in total. The molecule has 1 aromatic heterocycles. The topological polar surface area (TPSA) is 52.7 Å². The Morgan fingerprint density at radius 2 is 1.81 bits per heavy atom. The lowest BCUT2D eigenvalue weighted by molar-refractivity contribution is -0.133. The van der Waals surface area contributed by atoms with Gasteiger partial charge in [0.2, 0.25) is 5.91 Å². The molecule has 3 aromatic rings. The maximum absolute atomic E-state index is 13.4. The smallest absolute Gasteiger partial charge is 0.322 e. The van der Waals surface area contributed by atoms with Crippen LogP contribution in [0.25, 0.3) is 0 Å². The second-order valence-corrected chi connectivity index (χ2v) is 9.11. The number of rotatable bonds is 9. The van der Waals surface area contributed by atoms with E-state index >= 15 is 0 Å².